The van der Waals surface area contributed by atoms with E-state index in [1.165, 1.54) is 6.07 Å². The second kappa shape index (κ2) is 7.59. The summed E-state index contributed by atoms with van der Waals surface area (Å²) in [7, 11) is 0. The first-order valence-electron chi connectivity index (χ1n) is 5.94. The van der Waals surface area contributed by atoms with Gasteiger partial charge in [-0.15, -0.1) is 11.8 Å². The highest BCUT2D eigenvalue weighted by atomic mass is 32.2. The van der Waals surface area contributed by atoms with Crippen LogP contribution in [0.2, 0.25) is 0 Å². The van der Waals surface area contributed by atoms with Crippen LogP contribution in [0.4, 0.5) is 10.1 Å². The molecule has 0 aliphatic carbocycles. The normalized spacial score (nSPS) is 11.9. The van der Waals surface area contributed by atoms with Crippen molar-refractivity contribution in [1.29, 1.82) is 5.26 Å². The Morgan fingerprint density at radius 3 is 2.81 bits per heavy atom. The SMILES string of the molecule is C[C](CCS[C@@H](C#N)C(N)=O)c1cc([N+](=O)[O-])ccc1F. The van der Waals surface area contributed by atoms with Crippen molar-refractivity contribution in [2.45, 2.75) is 18.6 Å². The van der Waals surface area contributed by atoms with Gasteiger partial charge in [-0.1, -0.05) is 6.92 Å². The van der Waals surface area contributed by atoms with E-state index >= 15 is 0 Å². The molecule has 0 aliphatic rings. The monoisotopic (exact) mass is 310 g/mol. The average Bonchev–Trinajstić information content (AvgIpc) is 2.43. The minimum atomic E-state index is -0.951. The Balaban J connectivity index is 2.70. The molecule has 0 spiro atoms. The fourth-order valence-corrected chi connectivity index (χ4v) is 2.50. The minimum Gasteiger partial charge on any atom is -0.368 e. The Labute approximate surface area is 125 Å². The first-order chi connectivity index (χ1) is 9.86. The van der Waals surface area contributed by atoms with Crippen LogP contribution in [-0.2, 0) is 4.79 Å². The van der Waals surface area contributed by atoms with Crippen LogP contribution in [0.25, 0.3) is 0 Å². The Morgan fingerprint density at radius 2 is 2.29 bits per heavy atom. The highest BCUT2D eigenvalue weighted by Gasteiger charge is 2.19. The first-order valence-corrected chi connectivity index (χ1v) is 6.99. The van der Waals surface area contributed by atoms with Crippen LogP contribution >= 0.6 is 11.8 Å². The lowest BCUT2D eigenvalue weighted by Gasteiger charge is -2.12. The van der Waals surface area contributed by atoms with Crippen molar-refractivity contribution >= 4 is 23.4 Å². The van der Waals surface area contributed by atoms with E-state index in [1.807, 2.05) is 0 Å². The van der Waals surface area contributed by atoms with E-state index in [2.05, 4.69) is 0 Å². The maximum absolute atomic E-state index is 13.7. The number of nitriles is 1. The predicted molar refractivity (Wildman–Crippen MR) is 76.7 cm³/mol. The van der Waals surface area contributed by atoms with Crippen molar-refractivity contribution in [3.05, 3.63) is 45.6 Å². The number of nitrogens with two attached hydrogens (primary N) is 1. The van der Waals surface area contributed by atoms with Crippen molar-refractivity contribution in [2.24, 2.45) is 5.73 Å². The molecule has 1 rings (SSSR count). The van der Waals surface area contributed by atoms with Crippen molar-refractivity contribution in [1.82, 2.24) is 0 Å². The van der Waals surface area contributed by atoms with Crippen LogP contribution < -0.4 is 5.73 Å². The van der Waals surface area contributed by atoms with Gasteiger partial charge in [0.25, 0.3) is 5.69 Å². The van der Waals surface area contributed by atoms with Crippen molar-refractivity contribution < 1.29 is 14.1 Å². The zero-order valence-corrected chi connectivity index (χ0v) is 12.0. The Hall–Kier alpha value is -2.14. The fourth-order valence-electron chi connectivity index (χ4n) is 1.60. The number of hydrogen-bond donors (Lipinski definition) is 1. The third-order valence-electron chi connectivity index (χ3n) is 2.76. The highest BCUT2D eigenvalue weighted by molar-refractivity contribution is 8.00. The lowest BCUT2D eigenvalue weighted by molar-refractivity contribution is -0.385. The van der Waals surface area contributed by atoms with Gasteiger partial charge in [0, 0.05) is 23.6 Å². The number of halogens is 1. The standard InChI is InChI=1S/C13H13FN3O3S/c1-8(4-5-21-12(7-15)13(16)18)10-6-9(17(19)20)2-3-11(10)14/h2-3,6,12H,4-5H2,1H3,(H2,16,18)/t12-/m0/s1. The zero-order chi connectivity index (χ0) is 16.0. The molecule has 111 valence electrons. The molecule has 2 N–H and O–H groups in total. The fraction of sp³-hybridized carbons (Fsp3) is 0.308. The Morgan fingerprint density at radius 1 is 1.62 bits per heavy atom. The summed E-state index contributed by atoms with van der Waals surface area (Å²) in [6.07, 6.45) is 0.383. The smallest absolute Gasteiger partial charge is 0.269 e. The topological polar surface area (TPSA) is 110 Å². The van der Waals surface area contributed by atoms with Gasteiger partial charge >= 0.3 is 0 Å². The molecule has 0 bridgehead atoms. The molecule has 0 fully saturated rings. The van der Waals surface area contributed by atoms with Gasteiger partial charge in [0.2, 0.25) is 5.91 Å². The average molecular weight is 310 g/mol. The summed E-state index contributed by atoms with van der Waals surface area (Å²) < 4.78 is 13.7. The molecule has 0 saturated heterocycles. The third-order valence-corrected chi connectivity index (χ3v) is 3.87. The summed E-state index contributed by atoms with van der Waals surface area (Å²) in [6, 6.07) is 5.08. The number of carbonyl (C=O) groups is 1. The maximum atomic E-state index is 13.7. The van der Waals surface area contributed by atoms with Gasteiger partial charge in [0.1, 0.15) is 5.82 Å². The Bertz CT molecular complexity index is 589. The van der Waals surface area contributed by atoms with Gasteiger partial charge in [0.15, 0.2) is 5.25 Å². The van der Waals surface area contributed by atoms with Crippen molar-refractivity contribution in [2.75, 3.05) is 5.75 Å². The quantitative estimate of drug-likeness (QED) is 0.613. The van der Waals surface area contributed by atoms with Gasteiger partial charge in [0.05, 0.1) is 11.0 Å². The second-order valence-corrected chi connectivity index (χ2v) is 5.45. The molecule has 1 aromatic carbocycles. The molecular formula is C13H13FN3O3S. The zero-order valence-electron chi connectivity index (χ0n) is 11.2. The number of rotatable bonds is 7. The van der Waals surface area contributed by atoms with Gasteiger partial charge in [-0.25, -0.2) is 4.39 Å². The lowest BCUT2D eigenvalue weighted by Crippen LogP contribution is -2.24. The number of nitro groups is 1. The van der Waals surface area contributed by atoms with Crippen LogP contribution in [0.15, 0.2) is 18.2 Å². The lowest BCUT2D eigenvalue weighted by atomic mass is 9.97. The van der Waals surface area contributed by atoms with Crippen molar-refractivity contribution in [3.8, 4) is 6.07 Å². The number of nitrogens with zero attached hydrogens (tertiary/aromatic N) is 2. The van der Waals surface area contributed by atoms with E-state index in [0.717, 1.165) is 23.9 Å². The van der Waals surface area contributed by atoms with E-state index < -0.39 is 21.9 Å². The number of non-ortho nitro benzene ring substituents is 1. The van der Waals surface area contributed by atoms with Gasteiger partial charge in [-0.05, 0) is 18.2 Å². The number of amides is 1. The third kappa shape index (κ3) is 4.72. The molecule has 0 unspecified atom stereocenters. The largest absolute Gasteiger partial charge is 0.368 e. The van der Waals surface area contributed by atoms with E-state index in [-0.39, 0.29) is 11.3 Å². The van der Waals surface area contributed by atoms with E-state index in [1.54, 1.807) is 13.0 Å². The summed E-state index contributed by atoms with van der Waals surface area (Å²) in [5.41, 5.74) is 5.00. The number of thioether (sulfide) groups is 1. The van der Waals surface area contributed by atoms with Crippen LogP contribution in [0, 0.1) is 33.2 Å². The van der Waals surface area contributed by atoms with Gasteiger partial charge in [-0.2, -0.15) is 5.26 Å². The number of carbonyl (C=O) groups excluding carboxylic acids is 1. The van der Waals surface area contributed by atoms with E-state index in [9.17, 15) is 19.3 Å². The molecule has 0 aromatic heterocycles. The second-order valence-electron chi connectivity index (χ2n) is 4.23. The number of hydrogen-bond acceptors (Lipinski definition) is 5. The summed E-state index contributed by atoms with van der Waals surface area (Å²) in [5.74, 6) is -0.281. The highest BCUT2D eigenvalue weighted by Crippen LogP contribution is 2.27. The van der Waals surface area contributed by atoms with Gasteiger partial charge < -0.3 is 5.73 Å². The minimum absolute atomic E-state index is 0.164. The molecular weight excluding hydrogens is 297 g/mol. The molecule has 21 heavy (non-hydrogen) atoms. The van der Waals surface area contributed by atoms with E-state index in [0.29, 0.717) is 18.1 Å². The van der Waals surface area contributed by atoms with Crippen LogP contribution in [0.3, 0.4) is 0 Å². The molecule has 1 amide bonds. The van der Waals surface area contributed by atoms with Crippen LogP contribution in [-0.4, -0.2) is 21.8 Å². The summed E-state index contributed by atoms with van der Waals surface area (Å²) in [6.45, 7) is 1.65. The molecule has 1 aromatic rings. The van der Waals surface area contributed by atoms with Crippen LogP contribution in [0.5, 0.6) is 0 Å². The summed E-state index contributed by atoms with van der Waals surface area (Å²) >= 11 is 1.06. The summed E-state index contributed by atoms with van der Waals surface area (Å²) in [5, 5.41) is 18.4. The Kier molecular flexibility index (Phi) is 6.11. The molecule has 1 radical (unpaired) electrons. The first kappa shape index (κ1) is 16.9. The number of primary amides is 1. The molecule has 0 heterocycles. The molecule has 0 aliphatic heterocycles. The number of nitro benzene ring substituents is 1. The van der Waals surface area contributed by atoms with Crippen molar-refractivity contribution in [3.63, 3.8) is 0 Å². The molecule has 8 heteroatoms. The number of benzene rings is 1. The molecule has 0 saturated carbocycles. The summed E-state index contributed by atoms with van der Waals surface area (Å²) in [4.78, 5) is 21.0. The predicted octanol–water partition coefficient (Wildman–Crippen LogP) is 2.18. The van der Waals surface area contributed by atoms with E-state index in [4.69, 9.17) is 11.0 Å². The maximum Gasteiger partial charge on any atom is 0.269 e. The molecule has 6 nitrogen and oxygen atoms in total. The molecule has 1 atom stereocenters. The van der Waals surface area contributed by atoms with Gasteiger partial charge in [-0.3, -0.25) is 14.9 Å². The van der Waals surface area contributed by atoms with Crippen LogP contribution in [0.1, 0.15) is 18.9 Å².